The van der Waals surface area contributed by atoms with Crippen LogP contribution in [-0.2, 0) is 23.1 Å². The zero-order valence-corrected chi connectivity index (χ0v) is 14.3. The third-order valence-corrected chi connectivity index (χ3v) is 6.18. The summed E-state index contributed by atoms with van der Waals surface area (Å²) >= 11 is 0. The Labute approximate surface area is 127 Å². The fraction of sp³-hybridized carbons (Fsp3) is 0.786. The lowest BCUT2D eigenvalue weighted by Crippen LogP contribution is -2.48. The summed E-state index contributed by atoms with van der Waals surface area (Å²) in [4.78, 5) is 2.32. The number of aromatic nitrogens is 2. The Morgan fingerprint density at radius 3 is 2.19 bits per heavy atom. The average molecular weight is 314 g/mol. The highest BCUT2D eigenvalue weighted by Gasteiger charge is 2.26. The van der Waals surface area contributed by atoms with Gasteiger partial charge in [0.1, 0.15) is 0 Å². The molecule has 21 heavy (non-hydrogen) atoms. The van der Waals surface area contributed by atoms with E-state index in [0.717, 1.165) is 31.9 Å². The molecule has 1 aromatic rings. The van der Waals surface area contributed by atoms with Gasteiger partial charge in [-0.3, -0.25) is 9.58 Å². The lowest BCUT2D eigenvalue weighted by molar-refractivity contribution is 0.181. The molecule has 0 aromatic carbocycles. The minimum absolute atomic E-state index is 0.189. The number of hydrogen-bond acceptors (Lipinski definition) is 4. The number of rotatable bonds is 5. The van der Waals surface area contributed by atoms with Gasteiger partial charge in [-0.2, -0.15) is 9.40 Å². The van der Waals surface area contributed by atoms with E-state index in [-0.39, 0.29) is 5.75 Å². The van der Waals surface area contributed by atoms with Gasteiger partial charge in [-0.05, 0) is 27.7 Å². The van der Waals surface area contributed by atoms with Gasteiger partial charge < -0.3 is 0 Å². The Morgan fingerprint density at radius 2 is 1.71 bits per heavy atom. The summed E-state index contributed by atoms with van der Waals surface area (Å²) in [6.07, 6.45) is 0. The van der Waals surface area contributed by atoms with Crippen LogP contribution in [0.3, 0.4) is 0 Å². The van der Waals surface area contributed by atoms with Crippen LogP contribution >= 0.6 is 0 Å². The Hall–Kier alpha value is -0.920. The summed E-state index contributed by atoms with van der Waals surface area (Å²) in [5.41, 5.74) is 3.58. The summed E-state index contributed by atoms with van der Waals surface area (Å²) in [7, 11) is -3.04. The van der Waals surface area contributed by atoms with Gasteiger partial charge in [-0.15, -0.1) is 0 Å². The molecule has 0 saturated carbocycles. The van der Waals surface area contributed by atoms with Crippen molar-refractivity contribution >= 4 is 10.0 Å². The molecule has 0 N–H and O–H groups in total. The van der Waals surface area contributed by atoms with Crippen LogP contribution in [0, 0.1) is 13.8 Å². The van der Waals surface area contributed by atoms with E-state index in [1.165, 1.54) is 11.3 Å². The van der Waals surface area contributed by atoms with E-state index in [0.29, 0.717) is 13.1 Å². The number of nitrogens with zero attached hydrogens (tertiary/aromatic N) is 4. The van der Waals surface area contributed by atoms with E-state index in [1.54, 1.807) is 11.2 Å². The molecule has 0 spiro atoms. The third-order valence-electron chi connectivity index (χ3n) is 4.30. The highest BCUT2D eigenvalue weighted by molar-refractivity contribution is 7.89. The van der Waals surface area contributed by atoms with Crippen molar-refractivity contribution in [1.82, 2.24) is 19.0 Å². The summed E-state index contributed by atoms with van der Waals surface area (Å²) < 4.78 is 27.4. The molecular weight excluding hydrogens is 288 g/mol. The van der Waals surface area contributed by atoms with E-state index >= 15 is 0 Å². The van der Waals surface area contributed by atoms with Crippen LogP contribution in [0.1, 0.15) is 30.8 Å². The highest BCUT2D eigenvalue weighted by Crippen LogP contribution is 2.17. The second-order valence-electron chi connectivity index (χ2n) is 5.54. The van der Waals surface area contributed by atoms with Gasteiger partial charge in [0.2, 0.25) is 10.0 Å². The molecule has 1 saturated heterocycles. The topological polar surface area (TPSA) is 58.4 Å². The number of sulfonamides is 1. The molecule has 1 aromatic heterocycles. The molecule has 1 aliphatic heterocycles. The maximum absolute atomic E-state index is 11.9. The Balaban J connectivity index is 2.00. The van der Waals surface area contributed by atoms with Crippen LogP contribution in [-0.4, -0.2) is 59.3 Å². The maximum atomic E-state index is 11.9. The average Bonchev–Trinajstić information content (AvgIpc) is 2.75. The van der Waals surface area contributed by atoms with Gasteiger partial charge in [0.05, 0.1) is 11.4 Å². The fourth-order valence-corrected chi connectivity index (χ4v) is 3.93. The number of piperazine rings is 1. The molecule has 0 bridgehead atoms. The number of hydrogen-bond donors (Lipinski definition) is 0. The summed E-state index contributed by atoms with van der Waals surface area (Å²) in [6.45, 7) is 12.5. The molecule has 2 rings (SSSR count). The second-order valence-corrected chi connectivity index (χ2v) is 7.80. The van der Waals surface area contributed by atoms with Gasteiger partial charge >= 0.3 is 0 Å². The van der Waals surface area contributed by atoms with Gasteiger partial charge in [-0.25, -0.2) is 8.42 Å². The van der Waals surface area contributed by atoms with Crippen LogP contribution in [0.2, 0.25) is 0 Å². The summed E-state index contributed by atoms with van der Waals surface area (Å²) in [5, 5.41) is 4.55. The highest BCUT2D eigenvalue weighted by atomic mass is 32.2. The minimum atomic E-state index is -3.04. The lowest BCUT2D eigenvalue weighted by Gasteiger charge is -2.33. The molecule has 0 aliphatic carbocycles. The van der Waals surface area contributed by atoms with Crippen molar-refractivity contribution in [2.24, 2.45) is 0 Å². The quantitative estimate of drug-likeness (QED) is 0.813. The molecular formula is C14H26N4O2S. The van der Waals surface area contributed by atoms with Crippen LogP contribution in [0.5, 0.6) is 0 Å². The molecule has 0 unspecified atom stereocenters. The van der Waals surface area contributed by atoms with Crippen molar-refractivity contribution in [1.29, 1.82) is 0 Å². The first-order valence-electron chi connectivity index (χ1n) is 7.62. The fourth-order valence-electron chi connectivity index (χ4n) is 2.84. The van der Waals surface area contributed by atoms with Crippen LogP contribution in [0.15, 0.2) is 0 Å². The largest absolute Gasteiger partial charge is 0.296 e. The van der Waals surface area contributed by atoms with Crippen molar-refractivity contribution in [3.63, 3.8) is 0 Å². The van der Waals surface area contributed by atoms with Crippen LogP contribution in [0.4, 0.5) is 0 Å². The lowest BCUT2D eigenvalue weighted by atomic mass is 10.1. The number of aryl methyl sites for hydroxylation is 2. The van der Waals surface area contributed by atoms with Crippen LogP contribution in [0.25, 0.3) is 0 Å². The van der Waals surface area contributed by atoms with Crippen molar-refractivity contribution < 1.29 is 8.42 Å². The normalized spacial score (nSPS) is 18.3. The van der Waals surface area contributed by atoms with E-state index in [9.17, 15) is 8.42 Å². The molecule has 0 atom stereocenters. The van der Waals surface area contributed by atoms with E-state index in [4.69, 9.17) is 0 Å². The first kappa shape index (κ1) is 16.5. The first-order chi connectivity index (χ1) is 9.89. The third kappa shape index (κ3) is 3.46. The van der Waals surface area contributed by atoms with Crippen molar-refractivity contribution in [2.45, 2.75) is 40.8 Å². The molecule has 0 radical (unpaired) electrons. The van der Waals surface area contributed by atoms with Crippen molar-refractivity contribution in [3.8, 4) is 0 Å². The Kier molecular flexibility index (Phi) is 5.06. The monoisotopic (exact) mass is 314 g/mol. The predicted molar refractivity (Wildman–Crippen MR) is 83.7 cm³/mol. The van der Waals surface area contributed by atoms with E-state index in [1.807, 2.05) is 11.6 Å². The van der Waals surface area contributed by atoms with E-state index < -0.39 is 10.0 Å². The van der Waals surface area contributed by atoms with Gasteiger partial charge in [-0.1, -0.05) is 0 Å². The molecule has 7 heteroatoms. The zero-order valence-electron chi connectivity index (χ0n) is 13.5. The van der Waals surface area contributed by atoms with Gasteiger partial charge in [0.15, 0.2) is 0 Å². The van der Waals surface area contributed by atoms with E-state index in [2.05, 4.69) is 23.8 Å². The molecule has 0 amide bonds. The zero-order chi connectivity index (χ0) is 15.6. The molecule has 6 nitrogen and oxygen atoms in total. The van der Waals surface area contributed by atoms with Crippen molar-refractivity contribution in [3.05, 3.63) is 17.0 Å². The molecule has 1 aliphatic rings. The standard InChI is InChI=1S/C14H26N4O2S/c1-5-18-13(4)14(12(3)15-18)11-16-7-9-17(10-8-16)21(19,20)6-2/h5-11H2,1-4H3. The first-order valence-corrected chi connectivity index (χ1v) is 9.23. The predicted octanol–water partition coefficient (Wildman–Crippen LogP) is 0.987. The van der Waals surface area contributed by atoms with Crippen LogP contribution < -0.4 is 0 Å². The molecule has 1 fully saturated rings. The SMILES string of the molecule is CCn1nc(C)c(CN2CCN(S(=O)(=O)CC)CC2)c1C. The maximum Gasteiger partial charge on any atom is 0.213 e. The second kappa shape index (κ2) is 6.46. The Morgan fingerprint density at radius 1 is 1.10 bits per heavy atom. The summed E-state index contributed by atoms with van der Waals surface area (Å²) in [5.74, 6) is 0.189. The molecule has 120 valence electrons. The van der Waals surface area contributed by atoms with Gasteiger partial charge in [0, 0.05) is 50.5 Å². The Bertz CT molecular complexity index is 586. The minimum Gasteiger partial charge on any atom is -0.296 e. The van der Waals surface area contributed by atoms with Crippen molar-refractivity contribution in [2.75, 3.05) is 31.9 Å². The van der Waals surface area contributed by atoms with Gasteiger partial charge in [0.25, 0.3) is 0 Å². The smallest absolute Gasteiger partial charge is 0.213 e. The molecule has 2 heterocycles. The summed E-state index contributed by atoms with van der Waals surface area (Å²) in [6, 6.07) is 0.